The van der Waals surface area contributed by atoms with Gasteiger partial charge in [-0.25, -0.2) is 4.98 Å². The molecule has 8 nitrogen and oxygen atoms in total. The highest BCUT2D eigenvalue weighted by Crippen LogP contribution is 2.22. The molecule has 2 amide bonds. The van der Waals surface area contributed by atoms with Crippen LogP contribution in [0.2, 0.25) is 0 Å². The third kappa shape index (κ3) is 6.08. The summed E-state index contributed by atoms with van der Waals surface area (Å²) in [4.78, 5) is 28.7. The number of nitrogens with zero attached hydrogens (tertiary/aromatic N) is 2. The second kappa shape index (κ2) is 10.1. The van der Waals surface area contributed by atoms with E-state index in [1.165, 1.54) is 11.8 Å². The topological polar surface area (TPSA) is 109 Å². The fourth-order valence-electron chi connectivity index (χ4n) is 3.11. The first kappa shape index (κ1) is 22.4. The van der Waals surface area contributed by atoms with Gasteiger partial charge in [0, 0.05) is 11.3 Å². The van der Waals surface area contributed by atoms with Crippen LogP contribution in [0.4, 0.5) is 5.69 Å². The van der Waals surface area contributed by atoms with E-state index in [1.54, 1.807) is 7.11 Å². The number of thioether (sulfide) groups is 1. The Balaban J connectivity index is 1.46. The van der Waals surface area contributed by atoms with Crippen molar-refractivity contribution in [3.8, 4) is 17.1 Å². The minimum atomic E-state index is -0.270. The molecule has 0 aliphatic heterocycles. The van der Waals surface area contributed by atoms with E-state index in [0.717, 1.165) is 33.7 Å². The van der Waals surface area contributed by atoms with E-state index >= 15 is 0 Å². The molecule has 0 saturated carbocycles. The Labute approximate surface area is 185 Å². The van der Waals surface area contributed by atoms with Gasteiger partial charge < -0.3 is 15.4 Å². The van der Waals surface area contributed by atoms with E-state index in [1.807, 2.05) is 57.2 Å². The van der Waals surface area contributed by atoms with Crippen LogP contribution in [0.5, 0.6) is 5.75 Å². The summed E-state index contributed by atoms with van der Waals surface area (Å²) in [6.07, 6.45) is 0. The SMILES string of the molecule is COc1ccc(-c2nc(SCC(=O)NCC(=O)Nc3c(C)cc(C)cc3C)n[nH]2)cc1. The summed E-state index contributed by atoms with van der Waals surface area (Å²) < 4.78 is 5.14. The third-order valence-electron chi connectivity index (χ3n) is 4.55. The maximum Gasteiger partial charge on any atom is 0.243 e. The van der Waals surface area contributed by atoms with E-state index in [4.69, 9.17) is 4.74 Å². The highest BCUT2D eigenvalue weighted by atomic mass is 32.2. The van der Waals surface area contributed by atoms with Crippen LogP contribution in [0.3, 0.4) is 0 Å². The van der Waals surface area contributed by atoms with E-state index in [2.05, 4.69) is 25.8 Å². The predicted octanol–water partition coefficient (Wildman–Crippen LogP) is 3.25. The lowest BCUT2D eigenvalue weighted by atomic mass is 10.1. The normalized spacial score (nSPS) is 10.6. The molecule has 0 radical (unpaired) electrons. The number of hydrogen-bond donors (Lipinski definition) is 3. The van der Waals surface area contributed by atoms with Crippen LogP contribution in [-0.2, 0) is 9.59 Å². The van der Waals surface area contributed by atoms with E-state index < -0.39 is 0 Å². The number of hydrogen-bond acceptors (Lipinski definition) is 6. The number of ether oxygens (including phenoxy) is 1. The molecule has 3 aromatic rings. The number of methoxy groups -OCH3 is 1. The van der Waals surface area contributed by atoms with Crippen molar-refractivity contribution < 1.29 is 14.3 Å². The van der Waals surface area contributed by atoms with E-state index in [0.29, 0.717) is 11.0 Å². The summed E-state index contributed by atoms with van der Waals surface area (Å²) >= 11 is 1.19. The Morgan fingerprint density at radius 2 is 1.74 bits per heavy atom. The van der Waals surface area contributed by atoms with Gasteiger partial charge in [0.25, 0.3) is 0 Å². The lowest BCUT2D eigenvalue weighted by molar-refractivity contribution is -0.122. The number of nitrogens with one attached hydrogen (secondary N) is 3. The van der Waals surface area contributed by atoms with Crippen molar-refractivity contribution in [3.05, 3.63) is 53.1 Å². The van der Waals surface area contributed by atoms with Gasteiger partial charge in [0.1, 0.15) is 5.75 Å². The first-order valence-electron chi connectivity index (χ1n) is 9.69. The second-order valence-corrected chi connectivity index (χ2v) is 8.02. The van der Waals surface area contributed by atoms with Gasteiger partial charge in [0.2, 0.25) is 17.0 Å². The minimum Gasteiger partial charge on any atom is -0.497 e. The molecular formula is C22H25N5O3S. The zero-order valence-corrected chi connectivity index (χ0v) is 18.7. The van der Waals surface area contributed by atoms with Crippen molar-refractivity contribution in [3.63, 3.8) is 0 Å². The predicted molar refractivity (Wildman–Crippen MR) is 121 cm³/mol. The van der Waals surface area contributed by atoms with Crippen LogP contribution in [0, 0.1) is 20.8 Å². The third-order valence-corrected chi connectivity index (χ3v) is 5.40. The zero-order valence-electron chi connectivity index (χ0n) is 17.9. The molecule has 1 aromatic heterocycles. The highest BCUT2D eigenvalue weighted by molar-refractivity contribution is 7.99. The standard InChI is InChI=1S/C22H25N5O3S/c1-13-9-14(2)20(15(3)10-13)24-18(28)11-23-19(29)12-31-22-25-21(26-27-22)16-5-7-17(30-4)8-6-16/h5-10H,11-12H2,1-4H3,(H,23,29)(H,24,28)(H,25,26,27). The zero-order chi connectivity index (χ0) is 22.4. The van der Waals surface area contributed by atoms with Crippen molar-refractivity contribution in [2.24, 2.45) is 0 Å². The average Bonchev–Trinajstić information content (AvgIpc) is 3.22. The second-order valence-electron chi connectivity index (χ2n) is 7.08. The number of carbonyl (C=O) groups excluding carboxylic acids is 2. The van der Waals surface area contributed by atoms with Gasteiger partial charge in [0.15, 0.2) is 5.82 Å². The first-order chi connectivity index (χ1) is 14.9. The van der Waals surface area contributed by atoms with Gasteiger partial charge in [-0.3, -0.25) is 14.7 Å². The molecule has 162 valence electrons. The number of aromatic amines is 1. The number of aromatic nitrogens is 3. The molecule has 3 N–H and O–H groups in total. The van der Waals surface area contributed by atoms with Gasteiger partial charge in [0.05, 0.1) is 19.4 Å². The summed E-state index contributed by atoms with van der Waals surface area (Å²) in [6.45, 7) is 5.80. The van der Waals surface area contributed by atoms with Gasteiger partial charge >= 0.3 is 0 Å². The Morgan fingerprint density at radius 1 is 1.06 bits per heavy atom. The fraction of sp³-hybridized carbons (Fsp3) is 0.273. The van der Waals surface area contributed by atoms with Crippen molar-refractivity contribution >= 4 is 29.3 Å². The maximum absolute atomic E-state index is 12.2. The van der Waals surface area contributed by atoms with Crippen LogP contribution in [0.1, 0.15) is 16.7 Å². The maximum atomic E-state index is 12.2. The monoisotopic (exact) mass is 439 g/mol. The summed E-state index contributed by atoms with van der Waals surface area (Å²) in [5.41, 5.74) is 4.77. The summed E-state index contributed by atoms with van der Waals surface area (Å²) in [5, 5.41) is 12.9. The quantitative estimate of drug-likeness (QED) is 0.465. The molecule has 9 heteroatoms. The van der Waals surface area contributed by atoms with Gasteiger partial charge in [-0.2, -0.15) is 0 Å². The molecule has 0 unspecified atom stereocenters. The number of aryl methyl sites for hydroxylation is 3. The van der Waals surface area contributed by atoms with Crippen LogP contribution in [0.25, 0.3) is 11.4 Å². The molecule has 0 spiro atoms. The van der Waals surface area contributed by atoms with E-state index in [-0.39, 0.29) is 24.1 Å². The molecule has 2 aromatic carbocycles. The Hall–Kier alpha value is -3.33. The van der Waals surface area contributed by atoms with Gasteiger partial charge in [-0.15, -0.1) is 5.10 Å². The molecule has 0 saturated heterocycles. The van der Waals surface area contributed by atoms with Crippen molar-refractivity contribution in [1.29, 1.82) is 0 Å². The Kier molecular flexibility index (Phi) is 7.30. The minimum absolute atomic E-state index is 0.1000. The van der Waals surface area contributed by atoms with Gasteiger partial charge in [-0.05, 0) is 56.2 Å². The van der Waals surface area contributed by atoms with Crippen molar-refractivity contribution in [2.75, 3.05) is 24.7 Å². The number of H-pyrrole nitrogens is 1. The summed E-state index contributed by atoms with van der Waals surface area (Å²) in [6, 6.07) is 11.4. The molecular weight excluding hydrogens is 414 g/mol. The number of anilines is 1. The number of carbonyl (C=O) groups is 2. The highest BCUT2D eigenvalue weighted by Gasteiger charge is 2.12. The van der Waals surface area contributed by atoms with E-state index in [9.17, 15) is 9.59 Å². The molecule has 3 rings (SSSR count). The summed E-state index contributed by atoms with van der Waals surface area (Å²) in [7, 11) is 1.61. The molecule has 0 aliphatic rings. The lowest BCUT2D eigenvalue weighted by Gasteiger charge is -2.13. The lowest BCUT2D eigenvalue weighted by Crippen LogP contribution is -2.34. The number of amides is 2. The Bertz CT molecular complexity index is 1060. The molecule has 0 fully saturated rings. The molecule has 0 bridgehead atoms. The number of rotatable bonds is 8. The number of benzene rings is 2. The molecule has 31 heavy (non-hydrogen) atoms. The van der Waals surface area contributed by atoms with Crippen LogP contribution in [0.15, 0.2) is 41.6 Å². The molecule has 0 aliphatic carbocycles. The van der Waals surface area contributed by atoms with Crippen LogP contribution in [-0.4, -0.2) is 46.4 Å². The smallest absolute Gasteiger partial charge is 0.243 e. The van der Waals surface area contributed by atoms with Crippen LogP contribution >= 0.6 is 11.8 Å². The Morgan fingerprint density at radius 3 is 2.39 bits per heavy atom. The van der Waals surface area contributed by atoms with Crippen LogP contribution < -0.4 is 15.4 Å². The first-order valence-corrected chi connectivity index (χ1v) is 10.7. The fourth-order valence-corrected chi connectivity index (χ4v) is 3.74. The van der Waals surface area contributed by atoms with Crippen molar-refractivity contribution in [2.45, 2.75) is 25.9 Å². The summed E-state index contributed by atoms with van der Waals surface area (Å²) in [5.74, 6) is 0.928. The van der Waals surface area contributed by atoms with Gasteiger partial charge in [-0.1, -0.05) is 29.5 Å². The van der Waals surface area contributed by atoms with Crippen molar-refractivity contribution in [1.82, 2.24) is 20.5 Å². The largest absolute Gasteiger partial charge is 0.497 e. The molecule has 1 heterocycles. The average molecular weight is 440 g/mol. The molecule has 0 atom stereocenters.